The first kappa shape index (κ1) is 20.4. The predicted octanol–water partition coefficient (Wildman–Crippen LogP) is 5.74. The number of furan rings is 1. The van der Waals surface area contributed by atoms with Crippen molar-refractivity contribution in [1.29, 1.82) is 0 Å². The molecule has 1 aliphatic rings. The van der Waals surface area contributed by atoms with Gasteiger partial charge in [-0.25, -0.2) is 9.79 Å². The number of hydrogen-bond donors (Lipinski definition) is 0. The minimum Gasteiger partial charge on any atom is -0.493 e. The summed E-state index contributed by atoms with van der Waals surface area (Å²) < 4.78 is 23.5. The molecule has 0 amide bonds. The number of benzene rings is 2. The van der Waals surface area contributed by atoms with Gasteiger partial charge in [0.05, 0.1) is 17.8 Å². The molecule has 4 rings (SSSR count). The highest BCUT2D eigenvalue weighted by molar-refractivity contribution is 9.10. The van der Waals surface area contributed by atoms with Gasteiger partial charge < -0.3 is 18.6 Å². The van der Waals surface area contributed by atoms with Crippen LogP contribution in [0.1, 0.15) is 16.9 Å². The Hall–Kier alpha value is -2.84. The summed E-state index contributed by atoms with van der Waals surface area (Å²) in [6.45, 7) is 0.381. The Labute approximate surface area is 189 Å². The minimum absolute atomic E-state index is 0.136. The Morgan fingerprint density at radius 1 is 1.13 bits per heavy atom. The van der Waals surface area contributed by atoms with Crippen LogP contribution in [-0.4, -0.2) is 19.0 Å². The molecule has 2 aromatic carbocycles. The molecule has 2 heterocycles. The molecule has 0 spiro atoms. The van der Waals surface area contributed by atoms with E-state index in [0.29, 0.717) is 33.9 Å². The number of methoxy groups -OCH3 is 1. The van der Waals surface area contributed by atoms with Crippen molar-refractivity contribution in [3.63, 3.8) is 0 Å². The lowest BCUT2D eigenvalue weighted by Crippen LogP contribution is -2.04. The van der Waals surface area contributed by atoms with Crippen molar-refractivity contribution in [2.45, 2.75) is 6.61 Å². The maximum Gasteiger partial charge on any atom is 0.363 e. The molecule has 30 heavy (non-hydrogen) atoms. The summed E-state index contributed by atoms with van der Waals surface area (Å²) in [6, 6.07) is 14.8. The molecule has 0 N–H and O–H groups in total. The number of halogens is 2. The second-order valence-electron chi connectivity index (χ2n) is 6.26. The Morgan fingerprint density at radius 3 is 2.63 bits per heavy atom. The molecule has 0 radical (unpaired) electrons. The number of cyclic esters (lactones) is 1. The highest BCUT2D eigenvalue weighted by Gasteiger charge is 2.26. The van der Waals surface area contributed by atoms with Gasteiger partial charge in [0.25, 0.3) is 5.90 Å². The van der Waals surface area contributed by atoms with Crippen LogP contribution >= 0.6 is 31.9 Å². The van der Waals surface area contributed by atoms with E-state index < -0.39 is 5.97 Å². The number of aliphatic imine (C=N–C) groups is 1. The molecule has 0 saturated carbocycles. The van der Waals surface area contributed by atoms with Gasteiger partial charge in [-0.05, 0) is 69.5 Å². The zero-order valence-corrected chi connectivity index (χ0v) is 18.9. The molecule has 0 atom stereocenters. The van der Waals surface area contributed by atoms with Crippen molar-refractivity contribution in [3.05, 3.63) is 86.3 Å². The SMILES string of the molecule is COc1cc(C=C2N=C(c3ccco3)OC2=O)cc(Br)c1OCc1ccc(Br)cc1. The van der Waals surface area contributed by atoms with Crippen molar-refractivity contribution in [2.75, 3.05) is 7.11 Å². The number of rotatable bonds is 6. The normalized spacial score (nSPS) is 14.6. The molecule has 1 aliphatic heterocycles. The van der Waals surface area contributed by atoms with Crippen molar-refractivity contribution < 1.29 is 23.4 Å². The van der Waals surface area contributed by atoms with Gasteiger partial charge in [0.2, 0.25) is 0 Å². The number of carbonyl (C=O) groups is 1. The van der Waals surface area contributed by atoms with Crippen LogP contribution in [0.3, 0.4) is 0 Å². The van der Waals surface area contributed by atoms with Crippen LogP contribution in [-0.2, 0) is 16.1 Å². The fourth-order valence-corrected chi connectivity index (χ4v) is 3.61. The van der Waals surface area contributed by atoms with E-state index in [-0.39, 0.29) is 11.6 Å². The average molecular weight is 533 g/mol. The van der Waals surface area contributed by atoms with E-state index in [1.165, 1.54) is 6.26 Å². The molecule has 1 aromatic heterocycles. The van der Waals surface area contributed by atoms with E-state index >= 15 is 0 Å². The average Bonchev–Trinajstić information content (AvgIpc) is 3.38. The fraction of sp³-hybridized carbons (Fsp3) is 0.0909. The van der Waals surface area contributed by atoms with Crippen LogP contribution in [0, 0.1) is 0 Å². The first-order chi connectivity index (χ1) is 14.5. The van der Waals surface area contributed by atoms with Gasteiger partial charge in [0, 0.05) is 4.47 Å². The van der Waals surface area contributed by atoms with Gasteiger partial charge in [-0.3, -0.25) is 0 Å². The van der Waals surface area contributed by atoms with Crippen LogP contribution in [0.25, 0.3) is 6.08 Å². The third-order valence-corrected chi connectivity index (χ3v) is 5.32. The molecular formula is C22H15Br2NO5. The summed E-state index contributed by atoms with van der Waals surface area (Å²) >= 11 is 6.94. The van der Waals surface area contributed by atoms with Crippen LogP contribution in [0.4, 0.5) is 0 Å². The Morgan fingerprint density at radius 2 is 1.93 bits per heavy atom. The van der Waals surface area contributed by atoms with Crippen LogP contribution < -0.4 is 9.47 Å². The smallest absolute Gasteiger partial charge is 0.363 e. The van der Waals surface area contributed by atoms with Gasteiger partial charge in [0.15, 0.2) is 23.0 Å². The zero-order valence-electron chi connectivity index (χ0n) is 15.7. The Kier molecular flexibility index (Phi) is 6.06. The van der Waals surface area contributed by atoms with Crippen LogP contribution in [0.5, 0.6) is 11.5 Å². The fourth-order valence-electron chi connectivity index (χ4n) is 2.77. The van der Waals surface area contributed by atoms with Gasteiger partial charge in [-0.15, -0.1) is 0 Å². The molecule has 152 valence electrons. The predicted molar refractivity (Wildman–Crippen MR) is 118 cm³/mol. The maximum atomic E-state index is 12.2. The van der Waals surface area contributed by atoms with Crippen molar-refractivity contribution in [1.82, 2.24) is 0 Å². The van der Waals surface area contributed by atoms with Crippen LogP contribution in [0.2, 0.25) is 0 Å². The minimum atomic E-state index is -0.549. The largest absolute Gasteiger partial charge is 0.493 e. The first-order valence-electron chi connectivity index (χ1n) is 8.84. The van der Waals surface area contributed by atoms with E-state index in [2.05, 4.69) is 36.9 Å². The zero-order chi connectivity index (χ0) is 21.1. The number of nitrogens with zero attached hydrogens (tertiary/aromatic N) is 1. The van der Waals surface area contributed by atoms with E-state index in [1.54, 1.807) is 31.4 Å². The second-order valence-corrected chi connectivity index (χ2v) is 8.03. The number of carbonyl (C=O) groups excluding carboxylic acids is 1. The third kappa shape index (κ3) is 4.49. The second kappa shape index (κ2) is 8.89. The van der Waals surface area contributed by atoms with Gasteiger partial charge in [-0.1, -0.05) is 28.1 Å². The number of esters is 1. The number of hydrogen-bond acceptors (Lipinski definition) is 6. The molecule has 0 unspecified atom stereocenters. The topological polar surface area (TPSA) is 70.3 Å². The lowest BCUT2D eigenvalue weighted by atomic mass is 10.1. The molecule has 0 bridgehead atoms. The third-order valence-electron chi connectivity index (χ3n) is 4.20. The Balaban J connectivity index is 1.58. The lowest BCUT2D eigenvalue weighted by molar-refractivity contribution is -0.130. The quantitative estimate of drug-likeness (QED) is 0.299. The summed E-state index contributed by atoms with van der Waals surface area (Å²) in [6.07, 6.45) is 3.10. The molecule has 3 aromatic rings. The van der Waals surface area contributed by atoms with Crippen molar-refractivity contribution in [3.8, 4) is 11.5 Å². The summed E-state index contributed by atoms with van der Waals surface area (Å²) in [5.41, 5.74) is 1.89. The maximum absolute atomic E-state index is 12.2. The van der Waals surface area contributed by atoms with Gasteiger partial charge >= 0.3 is 5.97 Å². The molecule has 0 fully saturated rings. The molecule has 8 heteroatoms. The van der Waals surface area contributed by atoms with Crippen molar-refractivity contribution in [2.24, 2.45) is 4.99 Å². The highest BCUT2D eigenvalue weighted by atomic mass is 79.9. The van der Waals surface area contributed by atoms with Crippen LogP contribution in [0.15, 0.2) is 78.8 Å². The summed E-state index contributed by atoms with van der Waals surface area (Å²) in [5.74, 6) is 1.07. The standard InChI is InChI=1S/C22H15Br2NO5/c1-27-19-11-14(10-17-22(26)30-21(25-17)18-3-2-8-28-18)9-16(24)20(19)29-12-13-4-6-15(23)7-5-13/h2-11H,12H2,1H3. The summed E-state index contributed by atoms with van der Waals surface area (Å²) in [4.78, 5) is 16.4. The number of ether oxygens (including phenoxy) is 3. The molecule has 6 nitrogen and oxygen atoms in total. The van der Waals surface area contributed by atoms with Gasteiger partial charge in [0.1, 0.15) is 6.61 Å². The summed E-state index contributed by atoms with van der Waals surface area (Å²) in [7, 11) is 1.56. The highest BCUT2D eigenvalue weighted by Crippen LogP contribution is 2.38. The molecule has 0 saturated heterocycles. The van der Waals surface area contributed by atoms with E-state index in [1.807, 2.05) is 30.3 Å². The first-order valence-corrected chi connectivity index (χ1v) is 10.4. The lowest BCUT2D eigenvalue weighted by Gasteiger charge is -2.14. The monoisotopic (exact) mass is 531 g/mol. The van der Waals surface area contributed by atoms with Crippen molar-refractivity contribution >= 4 is 49.8 Å². The van der Waals surface area contributed by atoms with E-state index in [4.69, 9.17) is 18.6 Å². The van der Waals surface area contributed by atoms with E-state index in [9.17, 15) is 4.79 Å². The van der Waals surface area contributed by atoms with Gasteiger partial charge in [-0.2, -0.15) is 0 Å². The molecular weight excluding hydrogens is 518 g/mol. The summed E-state index contributed by atoms with van der Waals surface area (Å²) in [5, 5.41) is 0. The Bertz CT molecular complexity index is 1140. The molecule has 0 aliphatic carbocycles. The van der Waals surface area contributed by atoms with E-state index in [0.717, 1.165) is 10.0 Å².